The highest BCUT2D eigenvalue weighted by molar-refractivity contribution is 7.13. The summed E-state index contributed by atoms with van der Waals surface area (Å²) in [6.07, 6.45) is 0. The molecule has 5 rings (SSSR count). The average Bonchev–Trinajstić information content (AvgIpc) is 3.33. The van der Waals surface area contributed by atoms with Gasteiger partial charge in [0.25, 0.3) is 0 Å². The van der Waals surface area contributed by atoms with Gasteiger partial charge >= 0.3 is 5.63 Å². The van der Waals surface area contributed by atoms with Gasteiger partial charge in [0.2, 0.25) is 0 Å². The van der Waals surface area contributed by atoms with E-state index in [-0.39, 0.29) is 12.4 Å². The summed E-state index contributed by atoms with van der Waals surface area (Å²) in [5, 5.41) is 3.28. The van der Waals surface area contributed by atoms with Gasteiger partial charge in [0, 0.05) is 28.0 Å². The van der Waals surface area contributed by atoms with Gasteiger partial charge in [0.15, 0.2) is 12.4 Å². The minimum atomic E-state index is -0.469. The summed E-state index contributed by atoms with van der Waals surface area (Å²) < 4.78 is 11.2. The summed E-state index contributed by atoms with van der Waals surface area (Å²) in [5.74, 6) is 0.332. The zero-order valence-electron chi connectivity index (χ0n) is 16.9. The standard InChI is InChI=1S/C26H17NO4S/c28-23(18-9-5-2-6-10-18)15-30-20-12-11-19-13-21(26(29)31-24(19)14-20)25-27-22(16-32-25)17-7-3-1-4-8-17/h1-14,16H,15H2. The van der Waals surface area contributed by atoms with E-state index in [0.29, 0.717) is 27.5 Å². The van der Waals surface area contributed by atoms with Crippen LogP contribution in [0.1, 0.15) is 10.4 Å². The number of ketones is 1. The molecule has 0 aliphatic heterocycles. The number of thiazole rings is 1. The van der Waals surface area contributed by atoms with Crippen molar-refractivity contribution in [2.45, 2.75) is 0 Å². The quantitative estimate of drug-likeness (QED) is 0.245. The molecule has 5 nitrogen and oxygen atoms in total. The highest BCUT2D eigenvalue weighted by Gasteiger charge is 2.14. The number of Topliss-reactive ketones (excluding diaryl/α,β-unsaturated/α-hetero) is 1. The lowest BCUT2D eigenvalue weighted by Crippen LogP contribution is -2.11. The molecule has 3 aromatic carbocycles. The molecule has 2 heterocycles. The minimum absolute atomic E-state index is 0.0980. The molecule has 2 aromatic heterocycles. The summed E-state index contributed by atoms with van der Waals surface area (Å²) in [5.41, 5.74) is 2.73. The van der Waals surface area contributed by atoms with Gasteiger partial charge in [0.05, 0.1) is 11.3 Å². The van der Waals surface area contributed by atoms with Gasteiger partial charge in [-0.15, -0.1) is 11.3 Å². The zero-order valence-corrected chi connectivity index (χ0v) is 17.7. The highest BCUT2D eigenvalue weighted by atomic mass is 32.1. The van der Waals surface area contributed by atoms with Crippen molar-refractivity contribution in [2.75, 3.05) is 6.61 Å². The molecule has 0 unspecified atom stereocenters. The fraction of sp³-hybridized carbons (Fsp3) is 0.0385. The van der Waals surface area contributed by atoms with E-state index in [9.17, 15) is 9.59 Å². The fourth-order valence-electron chi connectivity index (χ4n) is 3.33. The number of carbonyl (C=O) groups excluding carboxylic acids is 1. The molecule has 0 amide bonds. The Morgan fingerprint density at radius 2 is 1.69 bits per heavy atom. The molecule has 0 saturated carbocycles. The first kappa shape index (κ1) is 19.9. The molecule has 32 heavy (non-hydrogen) atoms. The summed E-state index contributed by atoms with van der Waals surface area (Å²) >= 11 is 1.40. The van der Waals surface area contributed by atoms with E-state index in [4.69, 9.17) is 9.15 Å². The molecule has 156 valence electrons. The smallest absolute Gasteiger partial charge is 0.346 e. The number of carbonyl (C=O) groups is 1. The Hall–Kier alpha value is -4.03. The van der Waals surface area contributed by atoms with Gasteiger partial charge < -0.3 is 9.15 Å². The molecule has 5 aromatic rings. The van der Waals surface area contributed by atoms with Crippen LogP contribution in [0.5, 0.6) is 5.75 Å². The van der Waals surface area contributed by atoms with Gasteiger partial charge in [-0.3, -0.25) is 4.79 Å². The van der Waals surface area contributed by atoms with Gasteiger partial charge in [-0.25, -0.2) is 9.78 Å². The van der Waals surface area contributed by atoms with Crippen LogP contribution in [0, 0.1) is 0 Å². The predicted molar refractivity (Wildman–Crippen MR) is 125 cm³/mol. The Morgan fingerprint density at radius 3 is 2.47 bits per heavy atom. The zero-order chi connectivity index (χ0) is 21.9. The van der Waals surface area contributed by atoms with E-state index in [1.165, 1.54) is 11.3 Å². The SMILES string of the molecule is O=C(COc1ccc2cc(-c3nc(-c4ccccc4)cs3)c(=O)oc2c1)c1ccccc1. The number of fused-ring (bicyclic) bond motifs is 1. The van der Waals surface area contributed by atoms with E-state index in [2.05, 4.69) is 4.98 Å². The molecule has 0 N–H and O–H groups in total. The number of rotatable bonds is 6. The lowest BCUT2D eigenvalue weighted by Gasteiger charge is -2.07. The first-order chi connectivity index (χ1) is 15.7. The largest absolute Gasteiger partial charge is 0.485 e. The van der Waals surface area contributed by atoms with E-state index in [0.717, 1.165) is 16.6 Å². The lowest BCUT2D eigenvalue weighted by molar-refractivity contribution is 0.0921. The molecular weight excluding hydrogens is 422 g/mol. The molecule has 0 bridgehead atoms. The van der Waals surface area contributed by atoms with Crippen molar-refractivity contribution in [3.63, 3.8) is 0 Å². The number of hydrogen-bond donors (Lipinski definition) is 0. The summed E-state index contributed by atoms with van der Waals surface area (Å²) in [6, 6.07) is 25.7. The molecule has 0 radical (unpaired) electrons. The molecular formula is C26H17NO4S. The van der Waals surface area contributed by atoms with Gasteiger partial charge in [-0.05, 0) is 18.2 Å². The third kappa shape index (κ3) is 4.08. The predicted octanol–water partition coefficient (Wildman–Crippen LogP) is 5.85. The molecule has 0 spiro atoms. The normalized spacial score (nSPS) is 10.9. The monoisotopic (exact) mass is 439 g/mol. The number of benzene rings is 3. The van der Waals surface area contributed by atoms with Crippen LogP contribution in [0.4, 0.5) is 0 Å². The second-order valence-electron chi connectivity index (χ2n) is 7.13. The first-order valence-corrected chi connectivity index (χ1v) is 10.9. The van der Waals surface area contributed by atoms with Crippen LogP contribution in [0.25, 0.3) is 32.8 Å². The van der Waals surface area contributed by atoms with E-state index < -0.39 is 5.63 Å². The topological polar surface area (TPSA) is 69.4 Å². The Balaban J connectivity index is 1.38. The Kier molecular flexibility index (Phi) is 5.35. The molecule has 0 aliphatic carbocycles. The van der Waals surface area contributed by atoms with Crippen molar-refractivity contribution in [3.8, 4) is 27.6 Å². The number of aromatic nitrogens is 1. The molecule has 6 heteroatoms. The maximum atomic E-state index is 12.6. The van der Waals surface area contributed by atoms with Gasteiger partial charge in [-0.2, -0.15) is 0 Å². The van der Waals surface area contributed by atoms with E-state index in [1.54, 1.807) is 48.5 Å². The van der Waals surface area contributed by atoms with Crippen molar-refractivity contribution in [2.24, 2.45) is 0 Å². The molecule has 0 aliphatic rings. The van der Waals surface area contributed by atoms with Crippen LogP contribution in [0.2, 0.25) is 0 Å². The molecule has 0 atom stereocenters. The third-order valence-corrected chi connectivity index (χ3v) is 5.85. The van der Waals surface area contributed by atoms with Crippen molar-refractivity contribution in [1.82, 2.24) is 4.98 Å². The Bertz CT molecular complexity index is 1460. The number of hydrogen-bond acceptors (Lipinski definition) is 6. The van der Waals surface area contributed by atoms with Gasteiger partial charge in [0.1, 0.15) is 16.3 Å². The Morgan fingerprint density at radius 1 is 0.938 bits per heavy atom. The maximum Gasteiger partial charge on any atom is 0.346 e. The average molecular weight is 439 g/mol. The minimum Gasteiger partial charge on any atom is -0.485 e. The second kappa shape index (κ2) is 8.61. The number of nitrogens with zero attached hydrogens (tertiary/aromatic N) is 1. The van der Waals surface area contributed by atoms with Crippen LogP contribution in [0.15, 0.2) is 99.5 Å². The van der Waals surface area contributed by atoms with Crippen molar-refractivity contribution < 1.29 is 13.9 Å². The first-order valence-electron chi connectivity index (χ1n) is 9.98. The second-order valence-corrected chi connectivity index (χ2v) is 7.99. The van der Waals surface area contributed by atoms with Crippen LogP contribution in [0.3, 0.4) is 0 Å². The van der Waals surface area contributed by atoms with E-state index >= 15 is 0 Å². The van der Waals surface area contributed by atoms with Crippen molar-refractivity contribution in [1.29, 1.82) is 0 Å². The van der Waals surface area contributed by atoms with Crippen LogP contribution < -0.4 is 10.4 Å². The van der Waals surface area contributed by atoms with Crippen molar-refractivity contribution in [3.05, 3.63) is 106 Å². The highest BCUT2D eigenvalue weighted by Crippen LogP contribution is 2.29. The summed E-state index contributed by atoms with van der Waals surface area (Å²) in [6.45, 7) is -0.0980. The third-order valence-electron chi connectivity index (χ3n) is 4.98. The van der Waals surface area contributed by atoms with Crippen LogP contribution in [-0.2, 0) is 0 Å². The summed E-state index contributed by atoms with van der Waals surface area (Å²) in [4.78, 5) is 29.5. The Labute approximate surface area is 187 Å². The van der Waals surface area contributed by atoms with Crippen molar-refractivity contribution >= 4 is 28.1 Å². The van der Waals surface area contributed by atoms with Crippen LogP contribution in [-0.4, -0.2) is 17.4 Å². The van der Waals surface area contributed by atoms with Gasteiger partial charge in [-0.1, -0.05) is 60.7 Å². The molecule has 0 fully saturated rings. The van der Waals surface area contributed by atoms with E-state index in [1.807, 2.05) is 41.8 Å². The lowest BCUT2D eigenvalue weighted by atomic mass is 10.1. The van der Waals surface area contributed by atoms with Crippen LogP contribution >= 0.6 is 11.3 Å². The molecule has 0 saturated heterocycles. The summed E-state index contributed by atoms with van der Waals surface area (Å²) in [7, 11) is 0. The number of ether oxygens (including phenoxy) is 1. The fourth-order valence-corrected chi connectivity index (χ4v) is 4.16. The maximum absolute atomic E-state index is 12.6.